The molecule has 0 aliphatic carbocycles. The Morgan fingerprint density at radius 2 is 1.11 bits per heavy atom. The maximum absolute atomic E-state index is 5.91. The molecule has 0 saturated carbocycles. The lowest BCUT2D eigenvalue weighted by Crippen LogP contribution is -2.08. The van der Waals surface area contributed by atoms with Gasteiger partial charge < -0.3 is 14.5 Å². The van der Waals surface area contributed by atoms with Crippen LogP contribution in [0.25, 0.3) is 0 Å². The number of anilines is 2. The molecule has 0 N–H and O–H groups in total. The first-order valence-corrected chi connectivity index (χ1v) is 6.29. The van der Waals surface area contributed by atoms with Gasteiger partial charge in [0.1, 0.15) is 11.5 Å². The smallest absolute Gasteiger partial charge is 0.129 e. The van der Waals surface area contributed by atoms with Crippen LogP contribution in [-0.2, 0) is 0 Å². The van der Waals surface area contributed by atoms with Crippen molar-refractivity contribution in [2.45, 2.75) is 0 Å². The van der Waals surface area contributed by atoms with Crippen LogP contribution in [0.15, 0.2) is 48.5 Å². The highest BCUT2D eigenvalue weighted by Gasteiger charge is 2.02. The average Bonchev–Trinajstić information content (AvgIpc) is 2.39. The van der Waals surface area contributed by atoms with Crippen LogP contribution in [0.4, 0.5) is 11.4 Å². The van der Waals surface area contributed by atoms with E-state index in [1.165, 1.54) is 0 Å². The van der Waals surface area contributed by atoms with Crippen molar-refractivity contribution in [2.24, 2.45) is 0 Å². The third-order valence-corrected chi connectivity index (χ3v) is 2.90. The summed E-state index contributed by atoms with van der Waals surface area (Å²) in [6, 6.07) is 16.1. The predicted molar refractivity (Wildman–Crippen MR) is 81.6 cm³/mol. The van der Waals surface area contributed by atoms with E-state index < -0.39 is 0 Å². The molecular weight excluding hydrogens is 236 g/mol. The number of hydrogen-bond donors (Lipinski definition) is 0. The molecule has 0 aliphatic heterocycles. The zero-order valence-corrected chi connectivity index (χ0v) is 11.9. The van der Waals surface area contributed by atoms with Gasteiger partial charge in [0.2, 0.25) is 0 Å². The lowest BCUT2D eigenvalue weighted by atomic mass is 10.2. The van der Waals surface area contributed by atoms with E-state index in [2.05, 4.69) is 21.9 Å². The van der Waals surface area contributed by atoms with Crippen LogP contribution in [-0.4, -0.2) is 28.2 Å². The van der Waals surface area contributed by atoms with Crippen molar-refractivity contribution in [2.75, 3.05) is 38.0 Å². The molecular formula is C16H20N2O. The molecule has 0 aliphatic rings. The van der Waals surface area contributed by atoms with Gasteiger partial charge >= 0.3 is 0 Å². The first kappa shape index (κ1) is 13.3. The molecule has 0 aromatic heterocycles. The second-order valence-corrected chi connectivity index (χ2v) is 4.89. The van der Waals surface area contributed by atoms with Gasteiger partial charge in [-0.2, -0.15) is 0 Å². The van der Waals surface area contributed by atoms with E-state index in [9.17, 15) is 0 Å². The molecule has 3 heteroatoms. The highest BCUT2D eigenvalue weighted by atomic mass is 16.5. The molecule has 0 amide bonds. The summed E-state index contributed by atoms with van der Waals surface area (Å²) in [5, 5.41) is 0. The van der Waals surface area contributed by atoms with Crippen molar-refractivity contribution in [1.82, 2.24) is 0 Å². The summed E-state index contributed by atoms with van der Waals surface area (Å²) in [6.45, 7) is 0. The molecule has 100 valence electrons. The predicted octanol–water partition coefficient (Wildman–Crippen LogP) is 3.61. The number of rotatable bonds is 4. The Bertz CT molecular complexity index is 500. The van der Waals surface area contributed by atoms with Crippen molar-refractivity contribution >= 4 is 11.4 Å². The largest absolute Gasteiger partial charge is 0.457 e. The minimum atomic E-state index is 0.849. The second-order valence-electron chi connectivity index (χ2n) is 4.89. The number of hydrogen-bond acceptors (Lipinski definition) is 3. The van der Waals surface area contributed by atoms with Crippen LogP contribution < -0.4 is 14.5 Å². The fourth-order valence-corrected chi connectivity index (χ4v) is 1.79. The molecule has 0 radical (unpaired) electrons. The first-order valence-electron chi connectivity index (χ1n) is 6.29. The Balaban J connectivity index is 2.21. The van der Waals surface area contributed by atoms with Crippen LogP contribution in [0.1, 0.15) is 0 Å². The van der Waals surface area contributed by atoms with E-state index in [4.69, 9.17) is 4.74 Å². The summed E-state index contributed by atoms with van der Waals surface area (Å²) < 4.78 is 5.91. The zero-order chi connectivity index (χ0) is 13.8. The summed E-state index contributed by atoms with van der Waals surface area (Å²) in [6.07, 6.45) is 0. The normalized spacial score (nSPS) is 10.1. The molecule has 0 saturated heterocycles. The van der Waals surface area contributed by atoms with Crippen LogP contribution in [0.5, 0.6) is 11.5 Å². The molecule has 0 fully saturated rings. The maximum atomic E-state index is 5.91. The zero-order valence-electron chi connectivity index (χ0n) is 11.9. The van der Waals surface area contributed by atoms with Crippen LogP contribution in [0.2, 0.25) is 0 Å². The summed E-state index contributed by atoms with van der Waals surface area (Å²) in [7, 11) is 8.08. The number of nitrogens with zero attached hydrogens (tertiary/aromatic N) is 2. The first-order chi connectivity index (χ1) is 9.06. The molecule has 0 unspecified atom stereocenters. The van der Waals surface area contributed by atoms with Gasteiger partial charge in [-0.25, -0.2) is 0 Å². The van der Waals surface area contributed by atoms with E-state index >= 15 is 0 Å². The lowest BCUT2D eigenvalue weighted by molar-refractivity contribution is 0.483. The standard InChI is InChI=1S/C16H20N2O/c1-17(2)13-7-5-9-15(11-13)19-16-10-6-8-14(12-16)18(3)4/h5-12H,1-4H3. The Morgan fingerprint density at radius 3 is 1.47 bits per heavy atom. The monoisotopic (exact) mass is 256 g/mol. The Labute approximate surface area is 115 Å². The quantitative estimate of drug-likeness (QED) is 0.831. The van der Waals surface area contributed by atoms with Crippen molar-refractivity contribution in [3.05, 3.63) is 48.5 Å². The maximum Gasteiger partial charge on any atom is 0.129 e. The average molecular weight is 256 g/mol. The van der Waals surface area contributed by atoms with Gasteiger partial charge in [0.15, 0.2) is 0 Å². The summed E-state index contributed by atoms with van der Waals surface area (Å²) >= 11 is 0. The van der Waals surface area contributed by atoms with Crippen molar-refractivity contribution in [3.63, 3.8) is 0 Å². The van der Waals surface area contributed by atoms with E-state index in [1.807, 2.05) is 64.6 Å². The minimum absolute atomic E-state index is 0.849. The second kappa shape index (κ2) is 5.65. The third-order valence-electron chi connectivity index (χ3n) is 2.90. The molecule has 2 aromatic carbocycles. The molecule has 2 aromatic rings. The topological polar surface area (TPSA) is 15.7 Å². The van der Waals surface area contributed by atoms with Gasteiger partial charge in [0.05, 0.1) is 0 Å². The van der Waals surface area contributed by atoms with Gasteiger partial charge in [-0.3, -0.25) is 0 Å². The lowest BCUT2D eigenvalue weighted by Gasteiger charge is -2.16. The van der Waals surface area contributed by atoms with E-state index in [1.54, 1.807) is 0 Å². The third kappa shape index (κ3) is 3.41. The molecule has 0 atom stereocenters. The highest BCUT2D eigenvalue weighted by Crippen LogP contribution is 2.27. The Kier molecular flexibility index (Phi) is 3.95. The van der Waals surface area contributed by atoms with Gasteiger partial charge in [0.25, 0.3) is 0 Å². The fourth-order valence-electron chi connectivity index (χ4n) is 1.79. The molecule has 0 heterocycles. The number of benzene rings is 2. The number of ether oxygens (including phenoxy) is 1. The van der Waals surface area contributed by atoms with Gasteiger partial charge in [0, 0.05) is 51.7 Å². The van der Waals surface area contributed by atoms with E-state index in [-0.39, 0.29) is 0 Å². The summed E-state index contributed by atoms with van der Waals surface area (Å²) in [5.41, 5.74) is 2.25. The van der Waals surface area contributed by atoms with Crippen molar-refractivity contribution < 1.29 is 4.74 Å². The van der Waals surface area contributed by atoms with Crippen LogP contribution in [0.3, 0.4) is 0 Å². The van der Waals surface area contributed by atoms with E-state index in [0.29, 0.717) is 0 Å². The fraction of sp³-hybridized carbons (Fsp3) is 0.250. The van der Waals surface area contributed by atoms with Gasteiger partial charge in [-0.1, -0.05) is 12.1 Å². The Hall–Kier alpha value is -2.16. The summed E-state index contributed by atoms with van der Waals surface area (Å²) in [5.74, 6) is 1.70. The highest BCUT2D eigenvalue weighted by molar-refractivity contribution is 5.53. The van der Waals surface area contributed by atoms with Crippen molar-refractivity contribution in [3.8, 4) is 11.5 Å². The molecule has 19 heavy (non-hydrogen) atoms. The molecule has 0 spiro atoms. The van der Waals surface area contributed by atoms with Gasteiger partial charge in [-0.05, 0) is 24.3 Å². The van der Waals surface area contributed by atoms with Crippen molar-refractivity contribution in [1.29, 1.82) is 0 Å². The van der Waals surface area contributed by atoms with Gasteiger partial charge in [-0.15, -0.1) is 0 Å². The molecule has 0 bridgehead atoms. The SMILES string of the molecule is CN(C)c1cccc(Oc2cccc(N(C)C)c2)c1. The summed E-state index contributed by atoms with van der Waals surface area (Å²) in [4.78, 5) is 4.12. The Morgan fingerprint density at radius 1 is 0.684 bits per heavy atom. The van der Waals surface area contributed by atoms with Crippen LogP contribution in [0, 0.1) is 0 Å². The minimum Gasteiger partial charge on any atom is -0.457 e. The molecule has 2 rings (SSSR count). The van der Waals surface area contributed by atoms with E-state index in [0.717, 1.165) is 22.9 Å². The van der Waals surface area contributed by atoms with Crippen LogP contribution >= 0.6 is 0 Å². The molecule has 3 nitrogen and oxygen atoms in total.